The number of rotatable bonds is 6. The van der Waals surface area contributed by atoms with Crippen molar-refractivity contribution >= 4 is 20.1 Å². The summed E-state index contributed by atoms with van der Waals surface area (Å²) >= 11 is 1.84. The van der Waals surface area contributed by atoms with Gasteiger partial charge in [-0.3, -0.25) is 0 Å². The molecule has 0 saturated heterocycles. The summed E-state index contributed by atoms with van der Waals surface area (Å²) in [7, 11) is -1.51. The molecule has 0 rings (SSSR count). The third-order valence-corrected chi connectivity index (χ3v) is 3.89. The minimum atomic E-state index is -1.51. The third kappa shape index (κ3) is 12.3. The van der Waals surface area contributed by atoms with E-state index >= 15 is 0 Å². The SMILES string of the molecule is CC(C)=CCC/C=C(/O[Si](C)(C)C)SC(C)(C)C. The molecule has 0 radical (unpaired) electrons. The van der Waals surface area contributed by atoms with Crippen LogP contribution in [0.3, 0.4) is 0 Å². The van der Waals surface area contributed by atoms with E-state index in [0.717, 1.165) is 17.9 Å². The van der Waals surface area contributed by atoms with Gasteiger partial charge in [0, 0.05) is 4.75 Å². The van der Waals surface area contributed by atoms with Gasteiger partial charge in [-0.25, -0.2) is 0 Å². The number of hydrogen-bond donors (Lipinski definition) is 0. The Kier molecular flexibility index (Phi) is 7.38. The van der Waals surface area contributed by atoms with Gasteiger partial charge in [-0.05, 0) is 52.4 Å². The maximum Gasteiger partial charge on any atom is 0.242 e. The lowest BCUT2D eigenvalue weighted by Crippen LogP contribution is -2.25. The second kappa shape index (κ2) is 7.44. The van der Waals surface area contributed by atoms with Gasteiger partial charge in [-0.2, -0.15) is 0 Å². The maximum atomic E-state index is 6.16. The average molecular weight is 287 g/mol. The monoisotopic (exact) mass is 286 g/mol. The molecule has 0 heterocycles. The zero-order valence-corrected chi connectivity index (χ0v) is 15.2. The highest BCUT2D eigenvalue weighted by atomic mass is 32.2. The van der Waals surface area contributed by atoms with E-state index in [1.165, 1.54) is 5.57 Å². The minimum Gasteiger partial charge on any atom is -0.540 e. The summed E-state index contributed by atoms with van der Waals surface area (Å²) in [6.07, 6.45) is 6.71. The molecule has 0 fully saturated rings. The molecule has 0 atom stereocenters. The van der Waals surface area contributed by atoms with Gasteiger partial charge in [0.15, 0.2) is 0 Å². The van der Waals surface area contributed by atoms with Crippen molar-refractivity contribution in [2.45, 2.75) is 71.8 Å². The van der Waals surface area contributed by atoms with E-state index < -0.39 is 8.32 Å². The zero-order chi connectivity index (χ0) is 14.4. The maximum absolute atomic E-state index is 6.16. The molecular formula is C15H30OSSi. The van der Waals surface area contributed by atoms with Crippen molar-refractivity contribution in [1.29, 1.82) is 0 Å². The van der Waals surface area contributed by atoms with E-state index in [4.69, 9.17) is 4.43 Å². The Balaban J connectivity index is 4.55. The molecule has 0 amide bonds. The molecule has 18 heavy (non-hydrogen) atoms. The van der Waals surface area contributed by atoms with Gasteiger partial charge in [0.05, 0.1) is 0 Å². The van der Waals surface area contributed by atoms with Crippen molar-refractivity contribution in [3.8, 4) is 0 Å². The molecule has 0 aliphatic heterocycles. The summed E-state index contributed by atoms with van der Waals surface area (Å²) in [6, 6.07) is 0. The van der Waals surface area contributed by atoms with Crippen LogP contribution < -0.4 is 0 Å². The topological polar surface area (TPSA) is 9.23 Å². The highest BCUT2D eigenvalue weighted by molar-refractivity contribution is 8.04. The summed E-state index contributed by atoms with van der Waals surface area (Å²) in [6.45, 7) is 17.7. The number of thioether (sulfide) groups is 1. The number of allylic oxidation sites excluding steroid dienone is 3. The predicted molar refractivity (Wildman–Crippen MR) is 88.5 cm³/mol. The molecule has 0 aromatic heterocycles. The first-order valence-electron chi connectivity index (χ1n) is 6.71. The lowest BCUT2D eigenvalue weighted by Gasteiger charge is -2.26. The normalized spacial score (nSPS) is 13.4. The van der Waals surface area contributed by atoms with E-state index in [-0.39, 0.29) is 4.75 Å². The highest BCUT2D eigenvalue weighted by Gasteiger charge is 2.21. The molecule has 3 heteroatoms. The van der Waals surface area contributed by atoms with Crippen molar-refractivity contribution in [3.05, 3.63) is 22.8 Å². The Morgan fingerprint density at radius 1 is 1.06 bits per heavy atom. The van der Waals surface area contributed by atoms with Crippen molar-refractivity contribution < 1.29 is 4.43 Å². The van der Waals surface area contributed by atoms with Gasteiger partial charge in [-0.1, -0.05) is 44.2 Å². The highest BCUT2D eigenvalue weighted by Crippen LogP contribution is 2.33. The molecule has 0 unspecified atom stereocenters. The molecule has 0 aromatic carbocycles. The summed E-state index contributed by atoms with van der Waals surface area (Å²) in [5.74, 6) is 0. The van der Waals surface area contributed by atoms with Crippen LogP contribution in [0.5, 0.6) is 0 Å². The van der Waals surface area contributed by atoms with Crippen LogP contribution in [0.1, 0.15) is 47.5 Å². The molecule has 106 valence electrons. The van der Waals surface area contributed by atoms with E-state index in [9.17, 15) is 0 Å². The van der Waals surface area contributed by atoms with Crippen LogP contribution >= 0.6 is 11.8 Å². The van der Waals surface area contributed by atoms with E-state index in [1.54, 1.807) is 0 Å². The van der Waals surface area contributed by atoms with Crippen LogP contribution in [-0.2, 0) is 4.43 Å². The van der Waals surface area contributed by atoms with E-state index in [0.29, 0.717) is 0 Å². The van der Waals surface area contributed by atoms with Crippen molar-refractivity contribution in [2.24, 2.45) is 0 Å². The average Bonchev–Trinajstić information content (AvgIpc) is 2.06. The fourth-order valence-electron chi connectivity index (χ4n) is 1.28. The Morgan fingerprint density at radius 3 is 1.94 bits per heavy atom. The molecule has 0 bridgehead atoms. The van der Waals surface area contributed by atoms with Gasteiger partial charge in [0.25, 0.3) is 0 Å². The largest absolute Gasteiger partial charge is 0.540 e. The molecule has 0 N–H and O–H groups in total. The number of hydrogen-bond acceptors (Lipinski definition) is 2. The van der Waals surface area contributed by atoms with Gasteiger partial charge in [0.2, 0.25) is 8.32 Å². The number of unbranched alkanes of at least 4 members (excludes halogenated alkanes) is 1. The van der Waals surface area contributed by atoms with Crippen LogP contribution in [0.2, 0.25) is 19.6 Å². The first kappa shape index (κ1) is 17.8. The quantitative estimate of drug-likeness (QED) is 0.258. The molecule has 0 aromatic rings. The molecular weight excluding hydrogens is 256 g/mol. The third-order valence-electron chi connectivity index (χ3n) is 1.84. The van der Waals surface area contributed by atoms with Crippen LogP contribution in [0.25, 0.3) is 0 Å². The lowest BCUT2D eigenvalue weighted by atomic mass is 10.2. The van der Waals surface area contributed by atoms with E-state index in [1.807, 2.05) is 11.8 Å². The first-order chi connectivity index (χ1) is 7.99. The molecule has 0 aliphatic carbocycles. The van der Waals surface area contributed by atoms with Crippen LogP contribution in [0.15, 0.2) is 22.8 Å². The summed E-state index contributed by atoms with van der Waals surface area (Å²) in [5.41, 5.74) is 1.39. The van der Waals surface area contributed by atoms with Gasteiger partial charge in [-0.15, -0.1) is 0 Å². The second-order valence-electron chi connectivity index (χ2n) is 6.81. The van der Waals surface area contributed by atoms with Crippen LogP contribution in [0.4, 0.5) is 0 Å². The lowest BCUT2D eigenvalue weighted by molar-refractivity contribution is 0.459. The Labute approximate surface area is 119 Å². The molecule has 0 spiro atoms. The van der Waals surface area contributed by atoms with Gasteiger partial charge < -0.3 is 4.43 Å². The fourth-order valence-corrected chi connectivity index (χ4v) is 3.69. The fraction of sp³-hybridized carbons (Fsp3) is 0.733. The summed E-state index contributed by atoms with van der Waals surface area (Å²) in [5, 5.41) is 1.11. The smallest absolute Gasteiger partial charge is 0.242 e. The zero-order valence-electron chi connectivity index (χ0n) is 13.4. The Hall–Kier alpha value is -0.153. The van der Waals surface area contributed by atoms with Gasteiger partial charge >= 0.3 is 0 Å². The van der Waals surface area contributed by atoms with Crippen molar-refractivity contribution in [2.75, 3.05) is 0 Å². The Bertz CT molecular complexity index is 283. The van der Waals surface area contributed by atoms with Crippen LogP contribution in [-0.4, -0.2) is 13.1 Å². The van der Waals surface area contributed by atoms with Crippen LogP contribution in [0, 0.1) is 0 Å². The Morgan fingerprint density at radius 2 is 1.56 bits per heavy atom. The molecule has 0 saturated carbocycles. The molecule has 0 aliphatic rings. The standard InChI is InChI=1S/C15H30OSSi/c1-13(2)11-9-10-12-14(16-18(6,7)8)17-15(3,4)5/h11-12H,9-10H2,1-8H3/b14-12-. The van der Waals surface area contributed by atoms with Gasteiger partial charge in [0.1, 0.15) is 5.09 Å². The molecule has 1 nitrogen and oxygen atoms in total. The minimum absolute atomic E-state index is 0.210. The van der Waals surface area contributed by atoms with Crippen molar-refractivity contribution in [1.82, 2.24) is 0 Å². The second-order valence-corrected chi connectivity index (χ2v) is 13.1. The summed E-state index contributed by atoms with van der Waals surface area (Å²) < 4.78 is 6.37. The van der Waals surface area contributed by atoms with Crippen molar-refractivity contribution in [3.63, 3.8) is 0 Å². The first-order valence-corrected chi connectivity index (χ1v) is 10.9. The predicted octanol–water partition coefficient (Wildman–Crippen LogP) is 5.96. The summed E-state index contributed by atoms with van der Waals surface area (Å²) in [4.78, 5) is 0. The van der Waals surface area contributed by atoms with E-state index in [2.05, 4.69) is 66.4 Å².